The van der Waals surface area contributed by atoms with Gasteiger partial charge in [-0.25, -0.2) is 0 Å². The third-order valence-electron chi connectivity index (χ3n) is 4.51. The van der Waals surface area contributed by atoms with E-state index in [0.717, 1.165) is 13.2 Å². The first-order chi connectivity index (χ1) is 8.12. The Kier molecular flexibility index (Phi) is 4.86. The van der Waals surface area contributed by atoms with E-state index in [1.165, 1.54) is 56.3 Å². The zero-order valence-electron chi connectivity index (χ0n) is 11.6. The Hall–Kier alpha value is 0.354. The summed E-state index contributed by atoms with van der Waals surface area (Å²) in [5.41, 5.74) is 0. The summed E-state index contributed by atoms with van der Waals surface area (Å²) in [6.45, 7) is 6.81. The van der Waals surface area contributed by atoms with Crippen molar-refractivity contribution in [3.63, 3.8) is 0 Å². The summed E-state index contributed by atoms with van der Waals surface area (Å²) in [5, 5.41) is 0. The van der Waals surface area contributed by atoms with Crippen molar-refractivity contribution in [2.75, 3.05) is 13.2 Å². The van der Waals surface area contributed by atoms with E-state index in [1.54, 1.807) is 0 Å². The van der Waals surface area contributed by atoms with Crippen LogP contribution in [0.2, 0.25) is 37.3 Å². The van der Waals surface area contributed by atoms with Crippen molar-refractivity contribution < 1.29 is 8.85 Å². The van der Waals surface area contributed by atoms with Gasteiger partial charge in [-0.15, -0.1) is 0 Å². The van der Waals surface area contributed by atoms with Gasteiger partial charge in [0.1, 0.15) is 0 Å². The molecule has 2 nitrogen and oxygen atoms in total. The summed E-state index contributed by atoms with van der Waals surface area (Å²) in [5.74, 6) is 0. The van der Waals surface area contributed by atoms with Crippen LogP contribution in [0.5, 0.6) is 0 Å². The molecule has 0 aromatic rings. The van der Waals surface area contributed by atoms with Gasteiger partial charge in [0.25, 0.3) is 0 Å². The fourth-order valence-electron chi connectivity index (χ4n) is 2.66. The molecular weight excluding hydrogens is 244 g/mol. The summed E-state index contributed by atoms with van der Waals surface area (Å²) in [4.78, 5) is 0. The molecule has 2 aliphatic heterocycles. The Balaban J connectivity index is 1.39. The molecule has 2 fully saturated rings. The molecule has 2 saturated heterocycles. The van der Waals surface area contributed by atoms with E-state index in [-0.39, 0.29) is 0 Å². The Morgan fingerprint density at radius 1 is 0.706 bits per heavy atom. The van der Waals surface area contributed by atoms with Gasteiger partial charge >= 0.3 is 0 Å². The zero-order valence-corrected chi connectivity index (χ0v) is 13.6. The second-order valence-electron chi connectivity index (χ2n) is 6.36. The Bertz CT molecular complexity index is 214. The first-order valence-electron chi connectivity index (χ1n) is 7.40. The lowest BCUT2D eigenvalue weighted by Crippen LogP contribution is -2.41. The predicted octanol–water partition coefficient (Wildman–Crippen LogP) is 4.15. The quantitative estimate of drug-likeness (QED) is 0.488. The van der Waals surface area contributed by atoms with Crippen molar-refractivity contribution in [3.8, 4) is 0 Å². The highest BCUT2D eigenvalue weighted by Crippen LogP contribution is 2.33. The first kappa shape index (κ1) is 13.8. The smallest absolute Gasteiger partial charge is 0.189 e. The van der Waals surface area contributed by atoms with Gasteiger partial charge in [0, 0.05) is 13.2 Å². The predicted molar refractivity (Wildman–Crippen MR) is 77.5 cm³/mol. The van der Waals surface area contributed by atoms with Gasteiger partial charge in [0.15, 0.2) is 16.6 Å². The molecule has 0 aromatic heterocycles. The highest BCUT2D eigenvalue weighted by Gasteiger charge is 2.36. The molecule has 0 aromatic carbocycles. The van der Waals surface area contributed by atoms with E-state index in [0.29, 0.717) is 0 Å². The fourth-order valence-corrected chi connectivity index (χ4v) is 7.21. The maximum Gasteiger partial charge on any atom is 0.189 e. The van der Waals surface area contributed by atoms with Crippen LogP contribution < -0.4 is 0 Å². The molecule has 100 valence electrons. The van der Waals surface area contributed by atoms with Crippen LogP contribution in [0.25, 0.3) is 0 Å². The lowest BCUT2D eigenvalue weighted by Gasteiger charge is -2.36. The van der Waals surface area contributed by atoms with Crippen LogP contribution in [0.1, 0.15) is 32.1 Å². The molecule has 0 radical (unpaired) electrons. The average molecular weight is 273 g/mol. The summed E-state index contributed by atoms with van der Waals surface area (Å²) in [7, 11) is -2.23. The standard InChI is InChI=1S/C13H28O2Si2/c1-16(10-6-11-16)14-8-4-3-5-9-15-17(2)12-7-13-17/h3-13H2,1-2H3. The largest absolute Gasteiger partial charge is 0.417 e. The van der Waals surface area contributed by atoms with E-state index in [4.69, 9.17) is 8.85 Å². The van der Waals surface area contributed by atoms with Crippen molar-refractivity contribution >= 4 is 16.6 Å². The van der Waals surface area contributed by atoms with Crippen molar-refractivity contribution in [1.29, 1.82) is 0 Å². The van der Waals surface area contributed by atoms with Crippen LogP contribution in [-0.2, 0) is 8.85 Å². The minimum Gasteiger partial charge on any atom is -0.417 e. The topological polar surface area (TPSA) is 18.5 Å². The lowest BCUT2D eigenvalue weighted by atomic mass is 10.2. The Morgan fingerprint density at radius 3 is 1.41 bits per heavy atom. The van der Waals surface area contributed by atoms with Crippen molar-refractivity contribution in [3.05, 3.63) is 0 Å². The summed E-state index contributed by atoms with van der Waals surface area (Å²) < 4.78 is 12.1. The molecule has 0 unspecified atom stereocenters. The monoisotopic (exact) mass is 272 g/mol. The van der Waals surface area contributed by atoms with Gasteiger partial charge in [-0.2, -0.15) is 0 Å². The third kappa shape index (κ3) is 4.19. The molecule has 0 aliphatic carbocycles. The molecule has 2 aliphatic rings. The molecule has 2 rings (SSSR count). The van der Waals surface area contributed by atoms with E-state index in [2.05, 4.69) is 13.1 Å². The molecular formula is C13H28O2Si2. The molecule has 2 heterocycles. The van der Waals surface area contributed by atoms with Gasteiger partial charge in [0.05, 0.1) is 0 Å². The molecule has 0 atom stereocenters. The minimum atomic E-state index is -1.12. The van der Waals surface area contributed by atoms with Gasteiger partial charge < -0.3 is 8.85 Å². The third-order valence-corrected chi connectivity index (χ3v) is 12.0. The number of hydrogen-bond acceptors (Lipinski definition) is 2. The van der Waals surface area contributed by atoms with Crippen LogP contribution in [-0.4, -0.2) is 29.8 Å². The Morgan fingerprint density at radius 2 is 1.12 bits per heavy atom. The van der Waals surface area contributed by atoms with E-state index < -0.39 is 16.6 Å². The number of unbranched alkanes of at least 4 members (excludes halogenated alkanes) is 2. The molecule has 0 amide bonds. The van der Waals surface area contributed by atoms with Gasteiger partial charge in [-0.3, -0.25) is 0 Å². The molecule has 4 heteroatoms. The molecule has 0 N–H and O–H groups in total. The van der Waals surface area contributed by atoms with Crippen LogP contribution in [0, 0.1) is 0 Å². The highest BCUT2D eigenvalue weighted by molar-refractivity contribution is 6.75. The van der Waals surface area contributed by atoms with Gasteiger partial charge in [-0.05, 0) is 56.5 Å². The molecule has 0 saturated carbocycles. The second kappa shape index (κ2) is 6.00. The number of rotatable bonds is 8. The summed E-state index contributed by atoms with van der Waals surface area (Å²) >= 11 is 0. The van der Waals surface area contributed by atoms with Crippen LogP contribution in [0.3, 0.4) is 0 Å². The molecule has 0 spiro atoms. The normalized spacial score (nSPS) is 25.1. The lowest BCUT2D eigenvalue weighted by molar-refractivity contribution is 0.256. The summed E-state index contributed by atoms with van der Waals surface area (Å²) in [6, 6.07) is 5.61. The molecule has 17 heavy (non-hydrogen) atoms. The average Bonchev–Trinajstić information content (AvgIpc) is 2.23. The molecule has 0 bridgehead atoms. The van der Waals surface area contributed by atoms with Crippen LogP contribution in [0.15, 0.2) is 0 Å². The first-order valence-corrected chi connectivity index (χ1v) is 13.0. The van der Waals surface area contributed by atoms with Gasteiger partial charge in [0.2, 0.25) is 0 Å². The SMILES string of the molecule is C[Si]1(OCCCCCO[Si]2(C)CCC2)CCC1. The van der Waals surface area contributed by atoms with E-state index >= 15 is 0 Å². The minimum absolute atomic E-state index is 1.01. The van der Waals surface area contributed by atoms with E-state index in [1.807, 2.05) is 0 Å². The van der Waals surface area contributed by atoms with Gasteiger partial charge in [-0.1, -0.05) is 12.8 Å². The Labute approximate surface area is 108 Å². The van der Waals surface area contributed by atoms with Crippen molar-refractivity contribution in [1.82, 2.24) is 0 Å². The van der Waals surface area contributed by atoms with Crippen molar-refractivity contribution in [2.24, 2.45) is 0 Å². The maximum absolute atomic E-state index is 6.05. The van der Waals surface area contributed by atoms with E-state index in [9.17, 15) is 0 Å². The summed E-state index contributed by atoms with van der Waals surface area (Å²) in [6.07, 6.45) is 6.60. The van der Waals surface area contributed by atoms with Crippen LogP contribution in [0.4, 0.5) is 0 Å². The number of hydrogen-bond donors (Lipinski definition) is 0. The second-order valence-corrected chi connectivity index (χ2v) is 14.7. The highest BCUT2D eigenvalue weighted by atomic mass is 28.4. The van der Waals surface area contributed by atoms with Crippen LogP contribution >= 0.6 is 0 Å². The maximum atomic E-state index is 6.05. The zero-order chi connectivity index (χ0) is 12.2. The fraction of sp³-hybridized carbons (Fsp3) is 1.00. The van der Waals surface area contributed by atoms with Crippen molar-refractivity contribution in [2.45, 2.75) is 69.4 Å².